The van der Waals surface area contributed by atoms with Crippen LogP contribution in [0.4, 0.5) is 0 Å². The Hall–Kier alpha value is -2.93. The molecule has 9 heteroatoms. The number of aliphatic hydroxyl groups excluding tert-OH is 1. The van der Waals surface area contributed by atoms with Gasteiger partial charge in [-0.1, -0.05) is 32.0 Å². The lowest BCUT2D eigenvalue weighted by atomic mass is 10.0. The van der Waals surface area contributed by atoms with Crippen LogP contribution in [0.5, 0.6) is 5.75 Å². The lowest BCUT2D eigenvalue weighted by Crippen LogP contribution is -2.50. The maximum Gasteiger partial charge on any atom is 0.247 e. The number of amides is 1. The number of hydrogen-bond acceptors (Lipinski definition) is 6. The summed E-state index contributed by atoms with van der Waals surface area (Å²) in [6.45, 7) is 5.45. The number of hydrogen-bond donors (Lipinski definition) is 1. The molecule has 0 spiro atoms. The van der Waals surface area contributed by atoms with Crippen molar-refractivity contribution in [3.63, 3.8) is 0 Å². The standard InChI is InChI=1S/C25H31N3O5S/c1-5-25(30)27(4)15-23-17(2)14-28(18(3)16-29)34(31,32)24-10-9-21(12-22(24)33-23)20-8-6-7-19(11-20)13-26/h6-12,17-18,23,29H,5,14-16H2,1-4H3/t17-,18+,23-/m0/s1. The molecule has 0 aromatic heterocycles. The van der Waals surface area contributed by atoms with Crippen LogP contribution in [-0.2, 0) is 14.8 Å². The maximum absolute atomic E-state index is 13.6. The summed E-state index contributed by atoms with van der Waals surface area (Å²) in [5.74, 6) is -0.105. The summed E-state index contributed by atoms with van der Waals surface area (Å²) in [6, 6.07) is 13.4. The second-order valence-electron chi connectivity index (χ2n) is 8.72. The molecule has 3 atom stereocenters. The molecule has 34 heavy (non-hydrogen) atoms. The van der Waals surface area contributed by atoms with E-state index in [-0.39, 0.29) is 35.6 Å². The third-order valence-electron chi connectivity index (χ3n) is 6.17. The first-order chi connectivity index (χ1) is 16.1. The molecule has 0 fully saturated rings. The van der Waals surface area contributed by atoms with Crippen LogP contribution in [0, 0.1) is 17.2 Å². The smallest absolute Gasteiger partial charge is 0.247 e. The second kappa shape index (κ2) is 10.6. The van der Waals surface area contributed by atoms with Gasteiger partial charge in [-0.2, -0.15) is 9.57 Å². The average molecular weight is 486 g/mol. The highest BCUT2D eigenvalue weighted by Crippen LogP contribution is 2.36. The molecule has 0 radical (unpaired) electrons. The molecule has 8 nitrogen and oxygen atoms in total. The van der Waals surface area contributed by atoms with Gasteiger partial charge < -0.3 is 14.7 Å². The minimum Gasteiger partial charge on any atom is -0.487 e. The fourth-order valence-electron chi connectivity index (χ4n) is 4.03. The van der Waals surface area contributed by atoms with E-state index in [0.29, 0.717) is 24.1 Å². The SMILES string of the molecule is CCC(=O)N(C)C[C@@H]1Oc2cc(-c3cccc(C#N)c3)ccc2S(=O)(=O)N([C@H](C)CO)C[C@@H]1C. The van der Waals surface area contributed by atoms with Crippen molar-refractivity contribution in [2.75, 3.05) is 26.7 Å². The van der Waals surface area contributed by atoms with Gasteiger partial charge in [-0.05, 0) is 42.3 Å². The molecule has 1 amide bonds. The van der Waals surface area contributed by atoms with E-state index in [4.69, 9.17) is 4.74 Å². The Morgan fingerprint density at radius 1 is 1.29 bits per heavy atom. The maximum atomic E-state index is 13.6. The van der Waals surface area contributed by atoms with E-state index < -0.39 is 22.2 Å². The van der Waals surface area contributed by atoms with Crippen molar-refractivity contribution < 1.29 is 23.1 Å². The summed E-state index contributed by atoms with van der Waals surface area (Å²) in [5, 5.41) is 19.0. The topological polar surface area (TPSA) is 111 Å². The van der Waals surface area contributed by atoms with Gasteiger partial charge in [0.25, 0.3) is 0 Å². The van der Waals surface area contributed by atoms with Crippen LogP contribution in [0.15, 0.2) is 47.4 Å². The van der Waals surface area contributed by atoms with E-state index in [1.165, 1.54) is 10.4 Å². The number of carbonyl (C=O) groups excluding carboxylic acids is 1. The van der Waals surface area contributed by atoms with Crippen LogP contribution in [-0.4, -0.2) is 67.5 Å². The summed E-state index contributed by atoms with van der Waals surface area (Å²) in [5.41, 5.74) is 1.96. The van der Waals surface area contributed by atoms with E-state index in [1.54, 1.807) is 56.1 Å². The fourth-order valence-corrected chi connectivity index (χ4v) is 5.86. The molecular weight excluding hydrogens is 454 g/mol. The summed E-state index contributed by atoms with van der Waals surface area (Å²) in [6.07, 6.45) is -0.112. The zero-order valence-corrected chi connectivity index (χ0v) is 20.7. The molecule has 1 N–H and O–H groups in total. The minimum atomic E-state index is -3.96. The number of aliphatic hydroxyl groups is 1. The first-order valence-electron chi connectivity index (χ1n) is 11.3. The van der Waals surface area contributed by atoms with Gasteiger partial charge in [0.15, 0.2) is 0 Å². The van der Waals surface area contributed by atoms with Crippen LogP contribution in [0.2, 0.25) is 0 Å². The third kappa shape index (κ3) is 5.25. The monoisotopic (exact) mass is 485 g/mol. The van der Waals surface area contributed by atoms with Crippen LogP contribution >= 0.6 is 0 Å². The molecule has 2 aromatic rings. The van der Waals surface area contributed by atoms with E-state index in [2.05, 4.69) is 6.07 Å². The van der Waals surface area contributed by atoms with E-state index in [1.807, 2.05) is 13.0 Å². The van der Waals surface area contributed by atoms with E-state index in [9.17, 15) is 23.6 Å². The van der Waals surface area contributed by atoms with Gasteiger partial charge in [-0.3, -0.25) is 4.79 Å². The first kappa shape index (κ1) is 25.7. The number of likely N-dealkylation sites (N-methyl/N-ethyl adjacent to an activating group) is 1. The quantitative estimate of drug-likeness (QED) is 0.674. The number of nitriles is 1. The van der Waals surface area contributed by atoms with Crippen molar-refractivity contribution in [3.8, 4) is 22.9 Å². The fraction of sp³-hybridized carbons (Fsp3) is 0.440. The molecule has 0 aliphatic carbocycles. The molecule has 0 bridgehead atoms. The zero-order chi connectivity index (χ0) is 25.0. The van der Waals surface area contributed by atoms with Gasteiger partial charge in [-0.25, -0.2) is 8.42 Å². The summed E-state index contributed by atoms with van der Waals surface area (Å²) in [4.78, 5) is 13.8. The van der Waals surface area contributed by atoms with Gasteiger partial charge in [0, 0.05) is 32.0 Å². The molecule has 3 rings (SSSR count). The van der Waals surface area contributed by atoms with Gasteiger partial charge in [0.2, 0.25) is 15.9 Å². The normalized spacial score (nSPS) is 20.7. The van der Waals surface area contributed by atoms with Gasteiger partial charge >= 0.3 is 0 Å². The summed E-state index contributed by atoms with van der Waals surface area (Å²) in [7, 11) is -2.25. The number of sulfonamides is 1. The average Bonchev–Trinajstić information content (AvgIpc) is 2.84. The third-order valence-corrected chi connectivity index (χ3v) is 8.19. The predicted octanol–water partition coefficient (Wildman–Crippen LogP) is 2.86. The van der Waals surface area contributed by atoms with Gasteiger partial charge in [0.05, 0.1) is 24.8 Å². The zero-order valence-electron chi connectivity index (χ0n) is 19.9. The molecular formula is C25H31N3O5S. The van der Waals surface area contributed by atoms with Gasteiger partial charge in [0.1, 0.15) is 16.7 Å². The molecule has 0 unspecified atom stereocenters. The highest BCUT2D eigenvalue weighted by atomic mass is 32.2. The summed E-state index contributed by atoms with van der Waals surface area (Å²) >= 11 is 0. The largest absolute Gasteiger partial charge is 0.487 e. The molecule has 0 saturated carbocycles. The van der Waals surface area contributed by atoms with Crippen molar-refractivity contribution in [2.24, 2.45) is 5.92 Å². The number of rotatable bonds is 6. The lowest BCUT2D eigenvalue weighted by molar-refractivity contribution is -0.131. The lowest BCUT2D eigenvalue weighted by Gasteiger charge is -2.37. The van der Waals surface area contributed by atoms with Crippen LogP contribution in [0.1, 0.15) is 32.8 Å². The van der Waals surface area contributed by atoms with Crippen LogP contribution in [0.25, 0.3) is 11.1 Å². The molecule has 182 valence electrons. The Labute approximate surface area is 201 Å². The van der Waals surface area contributed by atoms with E-state index in [0.717, 1.165) is 5.56 Å². The summed E-state index contributed by atoms with van der Waals surface area (Å²) < 4.78 is 34.8. The molecule has 1 heterocycles. The predicted molar refractivity (Wildman–Crippen MR) is 129 cm³/mol. The second-order valence-corrected chi connectivity index (χ2v) is 10.6. The Balaban J connectivity index is 2.13. The van der Waals surface area contributed by atoms with Crippen molar-refractivity contribution >= 4 is 15.9 Å². The number of benzene rings is 2. The first-order valence-corrected chi connectivity index (χ1v) is 12.7. The molecule has 0 saturated heterocycles. The highest BCUT2D eigenvalue weighted by Gasteiger charge is 2.38. The number of nitrogens with zero attached hydrogens (tertiary/aromatic N) is 3. The van der Waals surface area contributed by atoms with Crippen molar-refractivity contribution in [1.82, 2.24) is 9.21 Å². The Morgan fingerprint density at radius 2 is 2.00 bits per heavy atom. The highest BCUT2D eigenvalue weighted by molar-refractivity contribution is 7.89. The van der Waals surface area contributed by atoms with Crippen LogP contribution in [0.3, 0.4) is 0 Å². The van der Waals surface area contributed by atoms with Crippen molar-refractivity contribution in [1.29, 1.82) is 5.26 Å². The molecule has 2 aromatic carbocycles. The Morgan fingerprint density at radius 3 is 2.65 bits per heavy atom. The van der Waals surface area contributed by atoms with Crippen molar-refractivity contribution in [3.05, 3.63) is 48.0 Å². The number of ether oxygens (including phenoxy) is 1. The Kier molecular flexibility index (Phi) is 7.97. The van der Waals surface area contributed by atoms with Gasteiger partial charge in [-0.15, -0.1) is 0 Å². The van der Waals surface area contributed by atoms with Crippen LogP contribution < -0.4 is 4.74 Å². The number of carbonyl (C=O) groups is 1. The van der Waals surface area contributed by atoms with Crippen molar-refractivity contribution in [2.45, 2.75) is 44.2 Å². The minimum absolute atomic E-state index is 0.00867. The molecule has 1 aliphatic heterocycles. The van der Waals surface area contributed by atoms with E-state index >= 15 is 0 Å². The molecule has 1 aliphatic rings. The Bertz CT molecular complexity index is 1190. The number of fused-ring (bicyclic) bond motifs is 1.